The number of nitrogens with zero attached hydrogens (tertiary/aromatic N) is 1. The van der Waals surface area contributed by atoms with Crippen LogP contribution in [0.5, 0.6) is 0 Å². The maximum absolute atomic E-state index is 13.6. The van der Waals surface area contributed by atoms with Gasteiger partial charge >= 0.3 is 12.1 Å². The van der Waals surface area contributed by atoms with Gasteiger partial charge in [0.1, 0.15) is 5.41 Å². The predicted molar refractivity (Wildman–Crippen MR) is 135 cm³/mol. The fourth-order valence-electron chi connectivity index (χ4n) is 5.89. The van der Waals surface area contributed by atoms with Gasteiger partial charge in [-0.15, -0.1) is 0 Å². The summed E-state index contributed by atoms with van der Waals surface area (Å²) >= 11 is 0. The zero-order valence-electron chi connectivity index (χ0n) is 21.7. The molecular weight excluding hydrogens is 497 g/mol. The number of piperidine rings is 1. The van der Waals surface area contributed by atoms with E-state index in [1.54, 1.807) is 11.8 Å². The van der Waals surface area contributed by atoms with Crippen LogP contribution >= 0.6 is 0 Å². The van der Waals surface area contributed by atoms with Gasteiger partial charge in [0, 0.05) is 31.1 Å². The van der Waals surface area contributed by atoms with Gasteiger partial charge in [-0.25, -0.2) is 0 Å². The van der Waals surface area contributed by atoms with Crippen LogP contribution in [0.3, 0.4) is 0 Å². The first kappa shape index (κ1) is 27.9. The summed E-state index contributed by atoms with van der Waals surface area (Å²) < 4.78 is 44.5. The van der Waals surface area contributed by atoms with Crippen molar-refractivity contribution in [2.24, 2.45) is 11.3 Å². The van der Waals surface area contributed by atoms with Gasteiger partial charge in [0.15, 0.2) is 0 Å². The van der Waals surface area contributed by atoms with Crippen molar-refractivity contribution in [1.82, 2.24) is 10.2 Å². The fraction of sp³-hybridized carbons (Fsp3) is 0.552. The minimum Gasteiger partial charge on any atom is -0.465 e. The van der Waals surface area contributed by atoms with Gasteiger partial charge in [-0.2, -0.15) is 13.2 Å². The fourth-order valence-corrected chi connectivity index (χ4v) is 5.89. The average molecular weight is 533 g/mol. The van der Waals surface area contributed by atoms with E-state index in [0.29, 0.717) is 30.6 Å². The number of likely N-dealkylation sites (tertiary alicyclic amines) is 1. The molecule has 2 amide bonds. The summed E-state index contributed by atoms with van der Waals surface area (Å²) in [6, 6.07) is 4.78. The van der Waals surface area contributed by atoms with E-state index in [0.717, 1.165) is 37.8 Å². The zero-order chi connectivity index (χ0) is 27.3. The summed E-state index contributed by atoms with van der Waals surface area (Å²) in [6.45, 7) is 2.32. The number of carbonyl (C=O) groups is 3. The van der Waals surface area contributed by atoms with Crippen molar-refractivity contribution < 1.29 is 32.3 Å². The van der Waals surface area contributed by atoms with Gasteiger partial charge in [-0.3, -0.25) is 14.4 Å². The van der Waals surface area contributed by atoms with Crippen molar-refractivity contribution in [3.05, 3.63) is 58.8 Å². The summed E-state index contributed by atoms with van der Waals surface area (Å²) in [6.07, 6.45) is 5.98. The molecule has 4 rings (SSSR count). The van der Waals surface area contributed by atoms with E-state index in [-0.39, 0.29) is 37.9 Å². The van der Waals surface area contributed by atoms with Gasteiger partial charge in [-0.1, -0.05) is 29.9 Å². The van der Waals surface area contributed by atoms with E-state index in [9.17, 15) is 27.6 Å². The lowest BCUT2D eigenvalue weighted by Gasteiger charge is -2.44. The first-order chi connectivity index (χ1) is 18.1. The molecule has 1 aromatic rings. The molecule has 38 heavy (non-hydrogen) atoms. The van der Waals surface area contributed by atoms with Gasteiger partial charge in [0.05, 0.1) is 12.2 Å². The van der Waals surface area contributed by atoms with Gasteiger partial charge in [0.25, 0.3) is 0 Å². The first-order valence-corrected chi connectivity index (χ1v) is 13.4. The number of benzene rings is 1. The monoisotopic (exact) mass is 532 g/mol. The highest BCUT2D eigenvalue weighted by Gasteiger charge is 2.55. The Morgan fingerprint density at radius 3 is 2.71 bits per heavy atom. The van der Waals surface area contributed by atoms with Crippen LogP contribution in [-0.2, 0) is 31.8 Å². The Balaban J connectivity index is 1.48. The minimum absolute atomic E-state index is 0.0876. The van der Waals surface area contributed by atoms with Crippen LogP contribution in [0.4, 0.5) is 13.2 Å². The van der Waals surface area contributed by atoms with E-state index >= 15 is 0 Å². The lowest BCUT2D eigenvalue weighted by atomic mass is 9.71. The highest BCUT2D eigenvalue weighted by atomic mass is 19.4. The van der Waals surface area contributed by atoms with Crippen molar-refractivity contribution in [3.8, 4) is 0 Å². The Hall–Kier alpha value is -3.10. The number of amides is 2. The molecule has 0 bridgehead atoms. The molecule has 0 saturated carbocycles. The number of nitrogens with one attached hydrogen (secondary N) is 1. The Labute approximate surface area is 221 Å². The van der Waals surface area contributed by atoms with Crippen molar-refractivity contribution >= 4 is 17.8 Å². The molecule has 9 heteroatoms. The number of fused-ring (bicyclic) bond motifs is 1. The molecule has 0 unspecified atom stereocenters. The number of carbonyl (C=O) groups excluding carboxylic acids is 3. The van der Waals surface area contributed by atoms with Gasteiger partial charge in [-0.05, 0) is 76.0 Å². The lowest BCUT2D eigenvalue weighted by Crippen LogP contribution is -2.52. The van der Waals surface area contributed by atoms with E-state index in [2.05, 4.69) is 11.4 Å². The normalized spacial score (nSPS) is 23.4. The Morgan fingerprint density at radius 2 is 2.00 bits per heavy atom. The summed E-state index contributed by atoms with van der Waals surface area (Å²) in [5.41, 5.74) is 0.571. The largest absolute Gasteiger partial charge is 0.465 e. The van der Waals surface area contributed by atoms with Crippen molar-refractivity contribution in [2.45, 2.75) is 77.4 Å². The molecule has 2 atom stereocenters. The molecule has 1 heterocycles. The number of allylic oxidation sites excluding steroid dienone is 2. The Morgan fingerprint density at radius 1 is 1.18 bits per heavy atom. The third-order valence-corrected chi connectivity index (χ3v) is 7.78. The van der Waals surface area contributed by atoms with E-state index < -0.39 is 29.0 Å². The molecular formula is C29H35F3N2O4. The summed E-state index contributed by atoms with van der Waals surface area (Å²) in [4.78, 5) is 41.4. The van der Waals surface area contributed by atoms with Gasteiger partial charge in [0.2, 0.25) is 11.8 Å². The average Bonchev–Trinajstić information content (AvgIpc) is 3.33. The van der Waals surface area contributed by atoms with Crippen LogP contribution in [0.2, 0.25) is 0 Å². The van der Waals surface area contributed by atoms with Crippen molar-refractivity contribution in [2.75, 3.05) is 13.2 Å². The van der Waals surface area contributed by atoms with Crippen LogP contribution in [0.25, 0.3) is 0 Å². The number of alkyl halides is 3. The Bertz CT molecular complexity index is 1130. The Kier molecular flexibility index (Phi) is 8.63. The number of hydrogen-bond donors (Lipinski definition) is 1. The summed E-state index contributed by atoms with van der Waals surface area (Å²) in [5, 5.41) is 2.65. The highest BCUT2D eigenvalue weighted by Crippen LogP contribution is 2.51. The molecule has 6 nitrogen and oxygen atoms in total. The first-order valence-electron chi connectivity index (χ1n) is 13.4. The smallest absolute Gasteiger partial charge is 0.416 e. The van der Waals surface area contributed by atoms with E-state index in [1.807, 2.05) is 6.08 Å². The molecule has 1 saturated heterocycles. The summed E-state index contributed by atoms with van der Waals surface area (Å²) in [5.74, 6) is -1.73. The van der Waals surface area contributed by atoms with Crippen LogP contribution in [0.15, 0.2) is 47.7 Å². The molecule has 0 radical (unpaired) electrons. The van der Waals surface area contributed by atoms with Crippen LogP contribution in [-0.4, -0.2) is 35.8 Å². The predicted octanol–water partition coefficient (Wildman–Crippen LogP) is 5.68. The van der Waals surface area contributed by atoms with Crippen LogP contribution < -0.4 is 5.32 Å². The number of halogens is 3. The van der Waals surface area contributed by atoms with E-state index in [4.69, 9.17) is 4.74 Å². The third-order valence-electron chi connectivity index (χ3n) is 7.78. The number of ether oxygens (including phenoxy) is 1. The molecule has 206 valence electrons. The molecule has 1 aromatic carbocycles. The molecule has 2 aliphatic carbocycles. The summed E-state index contributed by atoms with van der Waals surface area (Å²) in [7, 11) is 0. The molecule has 3 aliphatic rings. The van der Waals surface area contributed by atoms with Gasteiger partial charge < -0.3 is 15.0 Å². The number of rotatable bonds is 9. The standard InChI is InChI=1S/C29H35F3N2O4/c1-2-38-27(37)28-14-7-12-24(28)34(15-13-20-8-4-3-5-9-20)26(36)22(18-28)17-25(35)33-19-21-10-6-11-23(16-21)29(30,31)32/h6,8,10-12,16,22H,2-5,7,9,13-15,17-19H2,1H3,(H,33,35)/t22-,28+/m1/s1. The van der Waals surface area contributed by atoms with E-state index in [1.165, 1.54) is 24.1 Å². The quantitative estimate of drug-likeness (QED) is 0.328. The highest BCUT2D eigenvalue weighted by molar-refractivity contribution is 5.92. The SMILES string of the molecule is CCOC(=O)[C@]12CCC=C1N(CCC1=CCCCC1)C(=O)[C@H](CC(=O)NCc1cccc(C(F)(F)F)c1)C2. The molecule has 1 N–H and O–H groups in total. The molecule has 0 aromatic heterocycles. The third kappa shape index (κ3) is 6.13. The van der Waals surface area contributed by atoms with Crippen LogP contribution in [0, 0.1) is 11.3 Å². The molecule has 1 fully saturated rings. The van der Waals surface area contributed by atoms with Crippen molar-refractivity contribution in [3.63, 3.8) is 0 Å². The number of hydrogen-bond acceptors (Lipinski definition) is 4. The topological polar surface area (TPSA) is 75.7 Å². The maximum Gasteiger partial charge on any atom is 0.416 e. The second-order valence-electron chi connectivity index (χ2n) is 10.4. The van der Waals surface area contributed by atoms with Crippen molar-refractivity contribution in [1.29, 1.82) is 0 Å². The lowest BCUT2D eigenvalue weighted by molar-refractivity contribution is -0.160. The maximum atomic E-state index is 13.6. The number of esters is 1. The molecule has 1 aliphatic heterocycles. The minimum atomic E-state index is -4.47. The zero-order valence-corrected chi connectivity index (χ0v) is 21.7. The second kappa shape index (κ2) is 11.7. The second-order valence-corrected chi connectivity index (χ2v) is 10.4. The molecule has 0 spiro atoms. The van der Waals surface area contributed by atoms with Crippen LogP contribution in [0.1, 0.15) is 75.8 Å².